The molecule has 4 nitrogen and oxygen atoms in total. The third-order valence-electron chi connectivity index (χ3n) is 7.71. The van der Waals surface area contributed by atoms with Crippen molar-refractivity contribution in [2.45, 2.75) is 0 Å². The zero-order valence-corrected chi connectivity index (χ0v) is 25.8. The van der Waals surface area contributed by atoms with E-state index < -0.39 is 0 Å². The van der Waals surface area contributed by atoms with E-state index in [1.807, 2.05) is 84.9 Å². The molecule has 45 heavy (non-hydrogen) atoms. The fourth-order valence-electron chi connectivity index (χ4n) is 5.57. The van der Waals surface area contributed by atoms with Gasteiger partial charge in [0.2, 0.25) is 0 Å². The Bertz CT molecular complexity index is 2010. The van der Waals surface area contributed by atoms with E-state index in [1.54, 1.807) is 55.6 Å². The predicted octanol–water partition coefficient (Wildman–Crippen LogP) is 10.0. The van der Waals surface area contributed by atoms with Crippen LogP contribution >= 0.6 is 23.2 Å². The minimum Gasteiger partial charge on any atom is -0.497 e. The molecule has 0 saturated heterocycles. The SMILES string of the molecule is COc1ccc(-c2c(N)c(C(=O)c3ccc(Cl)cc3)c(-c3ccccc3)c(C(=O)c3ccc(Cl)cc3)c2-c2ccccc2)cc1. The molecule has 0 aliphatic heterocycles. The van der Waals surface area contributed by atoms with Gasteiger partial charge in [-0.2, -0.15) is 0 Å². The minimum atomic E-state index is -0.331. The Hall–Kier alpha value is -5.16. The van der Waals surface area contributed by atoms with Crippen molar-refractivity contribution in [3.05, 3.63) is 166 Å². The van der Waals surface area contributed by atoms with Gasteiger partial charge in [-0.1, -0.05) is 96.0 Å². The molecule has 0 aliphatic carbocycles. The highest BCUT2D eigenvalue weighted by Crippen LogP contribution is 2.48. The van der Waals surface area contributed by atoms with Gasteiger partial charge in [0.05, 0.1) is 18.4 Å². The van der Waals surface area contributed by atoms with Crippen molar-refractivity contribution in [3.63, 3.8) is 0 Å². The highest BCUT2D eigenvalue weighted by Gasteiger charge is 2.32. The van der Waals surface area contributed by atoms with Gasteiger partial charge < -0.3 is 10.5 Å². The summed E-state index contributed by atoms with van der Waals surface area (Å²) in [5.41, 5.74) is 12.6. The van der Waals surface area contributed by atoms with E-state index in [0.29, 0.717) is 54.7 Å². The van der Waals surface area contributed by atoms with Crippen molar-refractivity contribution in [2.24, 2.45) is 0 Å². The first-order valence-corrected chi connectivity index (χ1v) is 15.0. The number of hydrogen-bond acceptors (Lipinski definition) is 4. The van der Waals surface area contributed by atoms with E-state index in [4.69, 9.17) is 33.7 Å². The molecule has 6 aromatic rings. The summed E-state index contributed by atoms with van der Waals surface area (Å²) < 4.78 is 5.42. The minimum absolute atomic E-state index is 0.228. The zero-order valence-electron chi connectivity index (χ0n) is 24.3. The number of hydrogen-bond donors (Lipinski definition) is 1. The Balaban J connectivity index is 1.82. The molecule has 6 rings (SSSR count). The molecular formula is C39H27Cl2NO3. The monoisotopic (exact) mass is 627 g/mol. The molecule has 0 aromatic heterocycles. The van der Waals surface area contributed by atoms with Crippen LogP contribution in [0.15, 0.2) is 133 Å². The van der Waals surface area contributed by atoms with Crippen LogP contribution in [0.4, 0.5) is 5.69 Å². The van der Waals surface area contributed by atoms with Crippen LogP contribution in [0, 0.1) is 0 Å². The Kier molecular flexibility index (Phi) is 8.52. The molecule has 6 aromatic carbocycles. The fraction of sp³-hybridized carbons (Fsp3) is 0.0256. The molecular weight excluding hydrogens is 601 g/mol. The molecule has 0 spiro atoms. The van der Waals surface area contributed by atoms with Crippen molar-refractivity contribution in [2.75, 3.05) is 12.8 Å². The summed E-state index contributed by atoms with van der Waals surface area (Å²) in [5, 5.41) is 1.01. The third kappa shape index (κ3) is 5.86. The summed E-state index contributed by atoms with van der Waals surface area (Å²) in [6.45, 7) is 0. The lowest BCUT2D eigenvalue weighted by Crippen LogP contribution is -2.16. The molecule has 0 heterocycles. The van der Waals surface area contributed by atoms with E-state index in [-0.39, 0.29) is 22.8 Å². The standard InChI is InChI=1S/C39H27Cl2NO3/c1-45-31-22-16-26(17-23-31)34-32(24-8-4-2-5-9-24)35(38(43)27-12-18-29(40)19-13-27)33(25-10-6-3-7-11-25)36(37(34)42)39(44)28-14-20-30(41)21-15-28/h2-23H,42H2,1H3. The van der Waals surface area contributed by atoms with Crippen LogP contribution in [-0.4, -0.2) is 18.7 Å². The largest absolute Gasteiger partial charge is 0.497 e. The van der Waals surface area contributed by atoms with Crippen LogP contribution in [0.25, 0.3) is 33.4 Å². The van der Waals surface area contributed by atoms with Crippen LogP contribution in [0.3, 0.4) is 0 Å². The number of anilines is 1. The van der Waals surface area contributed by atoms with E-state index in [2.05, 4.69) is 0 Å². The number of carbonyl (C=O) groups excluding carboxylic acids is 2. The molecule has 0 radical (unpaired) electrons. The maximum atomic E-state index is 14.9. The first-order valence-electron chi connectivity index (χ1n) is 14.2. The van der Waals surface area contributed by atoms with Gasteiger partial charge in [-0.15, -0.1) is 0 Å². The summed E-state index contributed by atoms with van der Waals surface area (Å²) in [4.78, 5) is 29.5. The maximum absolute atomic E-state index is 14.9. The number of benzene rings is 6. The maximum Gasteiger partial charge on any atom is 0.195 e. The van der Waals surface area contributed by atoms with Crippen LogP contribution in [0.2, 0.25) is 10.0 Å². The molecule has 2 N–H and O–H groups in total. The molecule has 0 fully saturated rings. The molecule has 0 amide bonds. The van der Waals surface area contributed by atoms with Crippen molar-refractivity contribution >= 4 is 40.5 Å². The number of ether oxygens (including phenoxy) is 1. The molecule has 0 bridgehead atoms. The average molecular weight is 629 g/mol. The van der Waals surface area contributed by atoms with Crippen LogP contribution in [-0.2, 0) is 0 Å². The van der Waals surface area contributed by atoms with Crippen LogP contribution in [0.5, 0.6) is 5.75 Å². The number of ketones is 2. The third-order valence-corrected chi connectivity index (χ3v) is 8.21. The van der Waals surface area contributed by atoms with Gasteiger partial charge in [0.15, 0.2) is 11.6 Å². The number of nitrogen functional groups attached to an aromatic ring is 1. The second-order valence-electron chi connectivity index (χ2n) is 10.4. The molecule has 0 unspecified atom stereocenters. The van der Waals surface area contributed by atoms with Crippen molar-refractivity contribution in [1.29, 1.82) is 0 Å². The Morgan fingerprint density at radius 1 is 0.511 bits per heavy atom. The van der Waals surface area contributed by atoms with E-state index in [0.717, 1.165) is 11.1 Å². The summed E-state index contributed by atoms with van der Waals surface area (Å²) in [6, 6.07) is 39.8. The number of carbonyl (C=O) groups is 2. The van der Waals surface area contributed by atoms with E-state index >= 15 is 0 Å². The van der Waals surface area contributed by atoms with Gasteiger partial charge in [-0.05, 0) is 77.4 Å². The molecule has 0 aliphatic rings. The van der Waals surface area contributed by atoms with Gasteiger partial charge in [0.1, 0.15) is 5.75 Å². The lowest BCUT2D eigenvalue weighted by molar-refractivity contribution is 0.103. The molecule has 220 valence electrons. The highest BCUT2D eigenvalue weighted by atomic mass is 35.5. The first-order chi connectivity index (χ1) is 21.9. The summed E-state index contributed by atoms with van der Waals surface area (Å²) in [6.07, 6.45) is 0. The second kappa shape index (κ2) is 12.8. The summed E-state index contributed by atoms with van der Waals surface area (Å²) >= 11 is 12.4. The quantitative estimate of drug-likeness (QED) is 0.135. The average Bonchev–Trinajstić information content (AvgIpc) is 3.08. The van der Waals surface area contributed by atoms with Gasteiger partial charge in [-0.25, -0.2) is 0 Å². The number of rotatable bonds is 8. The van der Waals surface area contributed by atoms with Gasteiger partial charge in [0, 0.05) is 43.4 Å². The Labute approximate surface area is 271 Å². The summed E-state index contributed by atoms with van der Waals surface area (Å²) in [7, 11) is 1.60. The molecule has 0 saturated carbocycles. The highest BCUT2D eigenvalue weighted by molar-refractivity contribution is 6.32. The molecule has 6 heteroatoms. The van der Waals surface area contributed by atoms with Crippen LogP contribution in [0.1, 0.15) is 31.8 Å². The van der Waals surface area contributed by atoms with Gasteiger partial charge in [0.25, 0.3) is 0 Å². The first kappa shape index (κ1) is 29.9. The van der Waals surface area contributed by atoms with Crippen molar-refractivity contribution < 1.29 is 14.3 Å². The predicted molar refractivity (Wildman–Crippen MR) is 183 cm³/mol. The van der Waals surface area contributed by atoms with E-state index in [9.17, 15) is 9.59 Å². The fourth-order valence-corrected chi connectivity index (χ4v) is 5.82. The number of halogens is 2. The summed E-state index contributed by atoms with van der Waals surface area (Å²) in [5.74, 6) is 0.0567. The Morgan fingerprint density at radius 3 is 1.40 bits per heavy atom. The van der Waals surface area contributed by atoms with Crippen LogP contribution < -0.4 is 10.5 Å². The number of nitrogens with two attached hydrogens (primary N) is 1. The Morgan fingerprint density at radius 2 is 0.933 bits per heavy atom. The smallest absolute Gasteiger partial charge is 0.195 e. The van der Waals surface area contributed by atoms with Crippen molar-refractivity contribution in [3.8, 4) is 39.1 Å². The normalized spacial score (nSPS) is 10.8. The lowest BCUT2D eigenvalue weighted by atomic mass is 9.77. The van der Waals surface area contributed by atoms with E-state index in [1.165, 1.54) is 0 Å². The number of methoxy groups -OCH3 is 1. The van der Waals surface area contributed by atoms with Crippen molar-refractivity contribution in [1.82, 2.24) is 0 Å². The second-order valence-corrected chi connectivity index (χ2v) is 11.3. The topological polar surface area (TPSA) is 69.4 Å². The lowest BCUT2D eigenvalue weighted by Gasteiger charge is -2.25. The van der Waals surface area contributed by atoms with Gasteiger partial charge >= 0.3 is 0 Å². The molecule has 0 atom stereocenters. The van der Waals surface area contributed by atoms with Gasteiger partial charge in [-0.3, -0.25) is 9.59 Å². The zero-order chi connectivity index (χ0) is 31.5.